The largest absolute Gasteiger partial charge is 0.497 e. The van der Waals surface area contributed by atoms with E-state index in [0.29, 0.717) is 11.3 Å². The van der Waals surface area contributed by atoms with Crippen molar-refractivity contribution >= 4 is 25.8 Å². The van der Waals surface area contributed by atoms with E-state index in [2.05, 4.69) is 0 Å². The van der Waals surface area contributed by atoms with Gasteiger partial charge in [-0.2, -0.15) is 0 Å². The van der Waals surface area contributed by atoms with Crippen LogP contribution in [0.3, 0.4) is 0 Å². The molecule has 0 spiro atoms. The molecule has 0 saturated heterocycles. The van der Waals surface area contributed by atoms with E-state index in [1.165, 1.54) is 6.08 Å². The summed E-state index contributed by atoms with van der Waals surface area (Å²) in [5, 5.41) is 0.934. The van der Waals surface area contributed by atoms with Gasteiger partial charge in [0.1, 0.15) is 5.75 Å². The van der Waals surface area contributed by atoms with Crippen LogP contribution in [0.15, 0.2) is 29.7 Å². The summed E-state index contributed by atoms with van der Waals surface area (Å²) in [6.07, 6.45) is 1.41. The van der Waals surface area contributed by atoms with Gasteiger partial charge in [-0.25, -0.2) is 8.42 Å². The Morgan fingerprint density at radius 2 is 2.14 bits per heavy atom. The van der Waals surface area contributed by atoms with Crippen LogP contribution in [0.2, 0.25) is 0 Å². The van der Waals surface area contributed by atoms with Gasteiger partial charge in [0.05, 0.1) is 7.11 Å². The number of benzene rings is 1. The fraction of sp³-hybridized carbons (Fsp3) is 0.111. The molecule has 1 rings (SSSR count). The summed E-state index contributed by atoms with van der Waals surface area (Å²) in [5.74, 6) is 0.666. The molecule has 0 aliphatic carbocycles. The second-order valence-electron chi connectivity index (χ2n) is 2.55. The molecule has 0 heterocycles. The first-order chi connectivity index (χ1) is 6.51. The normalized spacial score (nSPS) is 11.9. The maximum Gasteiger partial charge on any atom is 0.254 e. The first kappa shape index (κ1) is 11.1. The van der Waals surface area contributed by atoms with Crippen molar-refractivity contribution in [1.82, 2.24) is 0 Å². The van der Waals surface area contributed by atoms with Crippen LogP contribution in [0.5, 0.6) is 5.75 Å². The Labute approximate surface area is 87.4 Å². The number of hydrogen-bond acceptors (Lipinski definition) is 3. The molecule has 76 valence electrons. The van der Waals surface area contributed by atoms with Gasteiger partial charge in [0.15, 0.2) is 0 Å². The van der Waals surface area contributed by atoms with E-state index in [0.717, 1.165) is 5.41 Å². The van der Waals surface area contributed by atoms with E-state index in [9.17, 15) is 8.42 Å². The van der Waals surface area contributed by atoms with E-state index in [4.69, 9.17) is 15.4 Å². The monoisotopic (exact) mass is 232 g/mol. The minimum atomic E-state index is -3.59. The number of halogens is 1. The van der Waals surface area contributed by atoms with E-state index in [-0.39, 0.29) is 0 Å². The Kier molecular flexibility index (Phi) is 3.55. The first-order valence-corrected chi connectivity index (χ1v) is 6.15. The van der Waals surface area contributed by atoms with E-state index < -0.39 is 9.05 Å². The fourth-order valence-corrected chi connectivity index (χ4v) is 1.38. The SMILES string of the molecule is COc1cccc(/C=C\S(=O)(=O)Cl)c1. The van der Waals surface area contributed by atoms with Crippen molar-refractivity contribution in [2.24, 2.45) is 0 Å². The highest BCUT2D eigenvalue weighted by atomic mass is 35.7. The molecule has 1 aromatic carbocycles. The molecule has 0 atom stereocenters. The van der Waals surface area contributed by atoms with E-state index >= 15 is 0 Å². The number of ether oxygens (including phenoxy) is 1. The Balaban J connectivity index is 2.93. The van der Waals surface area contributed by atoms with Gasteiger partial charge < -0.3 is 4.74 Å². The molecule has 5 heteroatoms. The highest BCUT2D eigenvalue weighted by molar-refractivity contribution is 8.16. The van der Waals surface area contributed by atoms with Gasteiger partial charge in [-0.3, -0.25) is 0 Å². The maximum absolute atomic E-state index is 10.6. The molecule has 0 aliphatic rings. The molecule has 0 amide bonds. The summed E-state index contributed by atoms with van der Waals surface area (Å²) in [5.41, 5.74) is 0.716. The van der Waals surface area contributed by atoms with Gasteiger partial charge in [-0.15, -0.1) is 0 Å². The average molecular weight is 233 g/mol. The molecule has 0 aliphatic heterocycles. The van der Waals surface area contributed by atoms with Gasteiger partial charge in [-0.05, 0) is 23.8 Å². The van der Waals surface area contributed by atoms with Crippen LogP contribution < -0.4 is 4.74 Å². The van der Waals surface area contributed by atoms with Crippen LogP contribution in [0, 0.1) is 0 Å². The van der Waals surface area contributed by atoms with Crippen LogP contribution in [0.1, 0.15) is 5.56 Å². The second-order valence-corrected chi connectivity index (χ2v) is 5.07. The smallest absolute Gasteiger partial charge is 0.254 e. The van der Waals surface area contributed by atoms with Crippen LogP contribution in [0.4, 0.5) is 0 Å². The molecular weight excluding hydrogens is 224 g/mol. The van der Waals surface area contributed by atoms with Crippen LogP contribution in [-0.4, -0.2) is 15.5 Å². The Morgan fingerprint density at radius 3 is 2.71 bits per heavy atom. The quantitative estimate of drug-likeness (QED) is 0.751. The lowest BCUT2D eigenvalue weighted by atomic mass is 10.2. The zero-order valence-electron chi connectivity index (χ0n) is 7.48. The molecular formula is C9H9ClO3S. The van der Waals surface area contributed by atoms with Gasteiger partial charge in [0.25, 0.3) is 9.05 Å². The number of hydrogen-bond donors (Lipinski definition) is 0. The summed E-state index contributed by atoms with van der Waals surface area (Å²) in [4.78, 5) is 0. The van der Waals surface area contributed by atoms with Gasteiger partial charge in [0.2, 0.25) is 0 Å². The molecule has 0 saturated carbocycles. The van der Waals surface area contributed by atoms with Crippen molar-refractivity contribution < 1.29 is 13.2 Å². The Hall–Kier alpha value is -1.00. The lowest BCUT2D eigenvalue weighted by molar-refractivity contribution is 0.414. The lowest BCUT2D eigenvalue weighted by Gasteiger charge is -1.99. The summed E-state index contributed by atoms with van der Waals surface area (Å²) in [6, 6.07) is 6.99. The van der Waals surface area contributed by atoms with Crippen molar-refractivity contribution in [2.75, 3.05) is 7.11 Å². The standard InChI is InChI=1S/C9H9ClO3S/c1-13-9-4-2-3-8(7-9)5-6-14(10,11)12/h2-7H,1H3/b6-5-. The van der Waals surface area contributed by atoms with Crippen molar-refractivity contribution in [3.05, 3.63) is 35.2 Å². The Morgan fingerprint density at radius 1 is 1.43 bits per heavy atom. The predicted octanol–water partition coefficient (Wildman–Crippen LogP) is 2.23. The second kappa shape index (κ2) is 4.48. The van der Waals surface area contributed by atoms with Crippen molar-refractivity contribution in [3.8, 4) is 5.75 Å². The van der Waals surface area contributed by atoms with Crippen LogP contribution >= 0.6 is 10.7 Å². The number of rotatable bonds is 3. The fourth-order valence-electron chi connectivity index (χ4n) is 0.905. The van der Waals surface area contributed by atoms with Crippen molar-refractivity contribution in [2.45, 2.75) is 0 Å². The van der Waals surface area contributed by atoms with Crippen molar-refractivity contribution in [3.63, 3.8) is 0 Å². The third-order valence-electron chi connectivity index (χ3n) is 1.52. The third-order valence-corrected chi connectivity index (χ3v) is 2.29. The molecule has 0 unspecified atom stereocenters. The zero-order chi connectivity index (χ0) is 10.6. The maximum atomic E-state index is 10.6. The van der Waals surface area contributed by atoms with Gasteiger partial charge >= 0.3 is 0 Å². The van der Waals surface area contributed by atoms with Gasteiger partial charge in [-0.1, -0.05) is 12.1 Å². The highest BCUT2D eigenvalue weighted by Gasteiger charge is 1.97. The molecule has 0 radical (unpaired) electrons. The zero-order valence-corrected chi connectivity index (χ0v) is 9.05. The predicted molar refractivity (Wildman–Crippen MR) is 56.8 cm³/mol. The first-order valence-electron chi connectivity index (χ1n) is 3.78. The minimum Gasteiger partial charge on any atom is -0.497 e. The molecule has 0 N–H and O–H groups in total. The molecule has 0 bridgehead atoms. The summed E-state index contributed by atoms with van der Waals surface area (Å²) >= 11 is 0. The number of methoxy groups -OCH3 is 1. The molecule has 14 heavy (non-hydrogen) atoms. The van der Waals surface area contributed by atoms with E-state index in [1.807, 2.05) is 0 Å². The van der Waals surface area contributed by atoms with Crippen molar-refractivity contribution in [1.29, 1.82) is 0 Å². The van der Waals surface area contributed by atoms with E-state index in [1.54, 1.807) is 31.4 Å². The summed E-state index contributed by atoms with van der Waals surface area (Å²) < 4.78 is 26.2. The third kappa shape index (κ3) is 3.81. The molecule has 3 nitrogen and oxygen atoms in total. The summed E-state index contributed by atoms with van der Waals surface area (Å²) in [6.45, 7) is 0. The molecule has 1 aromatic rings. The lowest BCUT2D eigenvalue weighted by Crippen LogP contribution is -1.83. The summed E-state index contributed by atoms with van der Waals surface area (Å²) in [7, 11) is 2.96. The minimum absolute atomic E-state index is 0.666. The average Bonchev–Trinajstić information content (AvgIpc) is 2.14. The van der Waals surface area contributed by atoms with Crippen LogP contribution in [-0.2, 0) is 9.05 Å². The van der Waals surface area contributed by atoms with Crippen LogP contribution in [0.25, 0.3) is 6.08 Å². The van der Waals surface area contributed by atoms with Gasteiger partial charge in [0, 0.05) is 16.1 Å². The molecule has 0 fully saturated rings. The molecule has 0 aromatic heterocycles. The highest BCUT2D eigenvalue weighted by Crippen LogP contribution is 2.14. The Bertz CT molecular complexity index is 437. The topological polar surface area (TPSA) is 43.4 Å².